The van der Waals surface area contributed by atoms with Gasteiger partial charge in [0.2, 0.25) is 0 Å². The summed E-state index contributed by atoms with van der Waals surface area (Å²) in [5, 5.41) is 6.46. The van der Waals surface area contributed by atoms with E-state index in [1.807, 2.05) is 20.8 Å². The largest absolute Gasteiger partial charge is 0.357 e. The van der Waals surface area contributed by atoms with Crippen LogP contribution in [0.1, 0.15) is 26.5 Å². The van der Waals surface area contributed by atoms with Gasteiger partial charge in [-0.1, -0.05) is 25.9 Å². The fourth-order valence-electron chi connectivity index (χ4n) is 1.04. The highest BCUT2D eigenvalue weighted by Gasteiger charge is 2.26. The second-order valence-corrected chi connectivity index (χ2v) is 5.54. The minimum Gasteiger partial charge on any atom is -0.357 e. The average Bonchev–Trinajstić information content (AvgIpc) is 2.46. The Balaban J connectivity index is 2.93. The van der Waals surface area contributed by atoms with E-state index in [9.17, 15) is 4.79 Å². The minimum absolute atomic E-state index is 0.160. The summed E-state index contributed by atoms with van der Waals surface area (Å²) < 4.78 is 5.90. The number of carbonyl (C=O) groups is 1. The lowest BCUT2D eigenvalue weighted by molar-refractivity contribution is 0.230. The molecular weight excluding hydrogens is 274 g/mol. The Morgan fingerprint density at radius 2 is 2.00 bits per heavy atom. The molecule has 0 saturated carbocycles. The third-order valence-electron chi connectivity index (χ3n) is 1.95. The number of carbonyl (C=O) groups excluding carboxylic acids is 1. The van der Waals surface area contributed by atoms with Crippen LogP contribution in [-0.4, -0.2) is 30.2 Å². The lowest BCUT2D eigenvalue weighted by atomic mass is 9.93. The number of nitrogens with zero attached hydrogens (tertiary/aromatic N) is 2. The second kappa shape index (κ2) is 4.45. The molecule has 0 radical (unpaired) electrons. The highest BCUT2D eigenvalue weighted by Crippen LogP contribution is 2.34. The molecule has 1 aromatic rings. The van der Waals surface area contributed by atoms with Crippen molar-refractivity contribution in [1.82, 2.24) is 10.1 Å². The maximum absolute atomic E-state index is 11.4. The molecule has 0 aliphatic carbocycles. The SMILES string of the molecule is CN(C)C(=O)Nc1noc(C(C)(C)C)c1Br. The summed E-state index contributed by atoms with van der Waals surface area (Å²) in [5.41, 5.74) is -0.160. The van der Waals surface area contributed by atoms with Gasteiger partial charge in [0.25, 0.3) is 0 Å². The Bertz CT molecular complexity index is 393. The van der Waals surface area contributed by atoms with Crippen molar-refractivity contribution in [2.75, 3.05) is 19.4 Å². The topological polar surface area (TPSA) is 58.4 Å². The first kappa shape index (κ1) is 13.0. The number of rotatable bonds is 1. The van der Waals surface area contributed by atoms with E-state index in [-0.39, 0.29) is 11.4 Å². The third kappa shape index (κ3) is 2.75. The molecule has 0 aliphatic rings. The maximum Gasteiger partial charge on any atom is 0.322 e. The number of urea groups is 1. The van der Waals surface area contributed by atoms with Crippen LogP contribution in [0.25, 0.3) is 0 Å². The number of hydrogen-bond donors (Lipinski definition) is 1. The standard InChI is InChI=1S/C10H16BrN3O2/c1-10(2,3)7-6(11)8(13-16-7)12-9(15)14(4)5/h1-5H3,(H,12,13,15). The first-order chi connectivity index (χ1) is 7.23. The van der Waals surface area contributed by atoms with Crippen LogP contribution in [0.2, 0.25) is 0 Å². The summed E-state index contributed by atoms with van der Waals surface area (Å²) >= 11 is 3.38. The fourth-order valence-corrected chi connectivity index (χ4v) is 1.87. The molecule has 0 fully saturated rings. The highest BCUT2D eigenvalue weighted by molar-refractivity contribution is 9.10. The number of hydrogen-bond acceptors (Lipinski definition) is 3. The lowest BCUT2D eigenvalue weighted by Crippen LogP contribution is -2.27. The summed E-state index contributed by atoms with van der Waals surface area (Å²) in [6.45, 7) is 6.03. The van der Waals surface area contributed by atoms with Crippen molar-refractivity contribution in [3.05, 3.63) is 10.2 Å². The predicted molar refractivity (Wildman–Crippen MR) is 65.6 cm³/mol. The van der Waals surface area contributed by atoms with Crippen molar-refractivity contribution in [3.8, 4) is 0 Å². The molecular formula is C10H16BrN3O2. The van der Waals surface area contributed by atoms with Crippen LogP contribution in [0.15, 0.2) is 9.00 Å². The normalized spacial score (nSPS) is 11.4. The van der Waals surface area contributed by atoms with Crippen molar-refractivity contribution in [3.63, 3.8) is 0 Å². The minimum atomic E-state index is -0.241. The van der Waals surface area contributed by atoms with E-state index >= 15 is 0 Å². The van der Waals surface area contributed by atoms with Gasteiger partial charge in [0.1, 0.15) is 4.47 Å². The molecule has 0 atom stereocenters. The summed E-state index contributed by atoms with van der Waals surface area (Å²) in [6.07, 6.45) is 0. The average molecular weight is 290 g/mol. The smallest absolute Gasteiger partial charge is 0.322 e. The molecule has 6 heteroatoms. The molecule has 0 bridgehead atoms. The molecule has 1 rings (SSSR count). The van der Waals surface area contributed by atoms with Crippen molar-refractivity contribution in [1.29, 1.82) is 0 Å². The molecule has 16 heavy (non-hydrogen) atoms. The molecule has 0 spiro atoms. The fraction of sp³-hybridized carbons (Fsp3) is 0.600. The van der Waals surface area contributed by atoms with Crippen LogP contribution < -0.4 is 5.32 Å². The van der Waals surface area contributed by atoms with Gasteiger partial charge in [0.15, 0.2) is 11.6 Å². The Hall–Kier alpha value is -1.04. The summed E-state index contributed by atoms with van der Waals surface area (Å²) in [5.74, 6) is 1.12. The third-order valence-corrected chi connectivity index (χ3v) is 2.68. The Morgan fingerprint density at radius 1 is 1.44 bits per heavy atom. The molecule has 0 unspecified atom stereocenters. The quantitative estimate of drug-likeness (QED) is 0.865. The van der Waals surface area contributed by atoms with Gasteiger partial charge in [-0.25, -0.2) is 4.79 Å². The lowest BCUT2D eigenvalue weighted by Gasteiger charge is -2.14. The Morgan fingerprint density at radius 3 is 2.38 bits per heavy atom. The first-order valence-electron chi connectivity index (χ1n) is 4.87. The molecule has 5 nitrogen and oxygen atoms in total. The van der Waals surface area contributed by atoms with Gasteiger partial charge >= 0.3 is 6.03 Å². The van der Waals surface area contributed by atoms with Gasteiger partial charge in [0, 0.05) is 19.5 Å². The number of anilines is 1. The number of nitrogens with one attached hydrogen (secondary N) is 1. The van der Waals surface area contributed by atoms with Crippen LogP contribution in [0.5, 0.6) is 0 Å². The summed E-state index contributed by atoms with van der Waals surface area (Å²) in [7, 11) is 3.32. The van der Waals surface area contributed by atoms with Gasteiger partial charge in [-0.05, 0) is 15.9 Å². The molecule has 0 saturated heterocycles. The van der Waals surface area contributed by atoms with E-state index in [4.69, 9.17) is 4.52 Å². The monoisotopic (exact) mass is 289 g/mol. The van der Waals surface area contributed by atoms with Gasteiger partial charge in [-0.15, -0.1) is 0 Å². The van der Waals surface area contributed by atoms with E-state index in [1.54, 1.807) is 14.1 Å². The van der Waals surface area contributed by atoms with Gasteiger partial charge in [0.05, 0.1) is 0 Å². The zero-order valence-corrected chi connectivity index (χ0v) is 11.7. The van der Waals surface area contributed by atoms with E-state index < -0.39 is 0 Å². The van der Waals surface area contributed by atoms with Crippen LogP contribution >= 0.6 is 15.9 Å². The number of halogens is 1. The summed E-state index contributed by atoms with van der Waals surface area (Å²) in [4.78, 5) is 12.9. The molecule has 0 aromatic carbocycles. The van der Waals surface area contributed by atoms with Crippen LogP contribution in [0.4, 0.5) is 10.6 Å². The zero-order chi connectivity index (χ0) is 12.5. The zero-order valence-electron chi connectivity index (χ0n) is 10.1. The summed E-state index contributed by atoms with van der Waals surface area (Å²) in [6, 6.07) is -0.241. The number of aromatic nitrogens is 1. The predicted octanol–water partition coefficient (Wildman–Crippen LogP) is 2.83. The van der Waals surface area contributed by atoms with Crippen molar-refractivity contribution in [2.45, 2.75) is 26.2 Å². The van der Waals surface area contributed by atoms with E-state index in [0.717, 1.165) is 0 Å². The van der Waals surface area contributed by atoms with Crippen molar-refractivity contribution >= 4 is 27.8 Å². The van der Waals surface area contributed by atoms with Crippen LogP contribution in [0, 0.1) is 0 Å². The van der Waals surface area contributed by atoms with Crippen LogP contribution in [0.3, 0.4) is 0 Å². The molecule has 2 amide bonds. The van der Waals surface area contributed by atoms with E-state index in [2.05, 4.69) is 26.4 Å². The van der Waals surface area contributed by atoms with Gasteiger partial charge in [-0.2, -0.15) is 0 Å². The highest BCUT2D eigenvalue weighted by atomic mass is 79.9. The van der Waals surface area contributed by atoms with Crippen molar-refractivity contribution in [2.24, 2.45) is 0 Å². The maximum atomic E-state index is 11.4. The molecule has 1 aromatic heterocycles. The molecule has 90 valence electrons. The second-order valence-electron chi connectivity index (χ2n) is 4.75. The van der Waals surface area contributed by atoms with Crippen LogP contribution in [-0.2, 0) is 5.41 Å². The Labute approximate surface area is 103 Å². The number of amides is 2. The first-order valence-corrected chi connectivity index (χ1v) is 5.66. The van der Waals surface area contributed by atoms with E-state index in [0.29, 0.717) is 16.1 Å². The van der Waals surface area contributed by atoms with Gasteiger partial charge in [-0.3, -0.25) is 5.32 Å². The van der Waals surface area contributed by atoms with Crippen molar-refractivity contribution < 1.29 is 9.32 Å². The van der Waals surface area contributed by atoms with E-state index in [1.165, 1.54) is 4.90 Å². The van der Waals surface area contributed by atoms with Gasteiger partial charge < -0.3 is 9.42 Å². The molecule has 1 N–H and O–H groups in total. The molecule has 1 heterocycles. The Kier molecular flexibility index (Phi) is 3.62. The molecule has 0 aliphatic heterocycles.